The molecule has 0 radical (unpaired) electrons. The SMILES string of the molecule is CC(=O)OC[C@H]1O[C@@H](OC(=N)C(Cc2ccc(C=CCCN3CCCC4(CCN(C(=O)OC(C)(C)C)CC4)C3)cc2C)C(=N)C(C)C)[C@H](OC(C)=O)[C@@H](OC(C)=O)[C@@H]1OC(C)=O. The van der Waals surface area contributed by atoms with Crippen LogP contribution in [0.5, 0.6) is 0 Å². The maximum absolute atomic E-state index is 12.6. The number of hydrogen-bond acceptors (Lipinski definition) is 15. The highest BCUT2D eigenvalue weighted by atomic mass is 16.7. The van der Waals surface area contributed by atoms with Crippen molar-refractivity contribution in [2.45, 2.75) is 144 Å². The van der Waals surface area contributed by atoms with Crippen molar-refractivity contribution in [3.63, 3.8) is 0 Å². The molecule has 4 rings (SSSR count). The predicted octanol–water partition coefficient (Wildman–Crippen LogP) is 6.42. The molecule has 3 heterocycles. The summed E-state index contributed by atoms with van der Waals surface area (Å²) in [5.74, 6) is -4.48. The molecule has 16 heteroatoms. The standard InChI is InChI=1S/C46H68N4O12/c1-28(2)38(47)36(42(48)61-43-41(59-33(7)54)40(58-32(6)53)39(57-31(5)52)37(60-43)26-56-30(4)51)25-35-16-15-34(24-29(35)3)14-11-12-20-49-21-13-17-46(27-49)18-22-50(23-19-46)44(55)62-45(8,9)10/h11,14-16,24,28,36-37,39-41,43,47-48H,12-13,17-23,25-27H2,1-10H3/t36?,37-,39-,40+,41-,43+/m1/s1. The molecule has 3 aliphatic heterocycles. The van der Waals surface area contributed by atoms with Crippen molar-refractivity contribution < 1.29 is 57.1 Å². The Kier molecular flexibility index (Phi) is 17.7. The molecule has 62 heavy (non-hydrogen) atoms. The highest BCUT2D eigenvalue weighted by molar-refractivity contribution is 6.02. The van der Waals surface area contributed by atoms with E-state index < -0.39 is 72.7 Å². The monoisotopic (exact) mass is 868 g/mol. The van der Waals surface area contributed by atoms with E-state index in [-0.39, 0.29) is 35.5 Å². The lowest BCUT2D eigenvalue weighted by molar-refractivity contribution is -0.292. The van der Waals surface area contributed by atoms with Crippen LogP contribution in [0.2, 0.25) is 0 Å². The lowest BCUT2D eigenvalue weighted by Crippen LogP contribution is -2.63. The van der Waals surface area contributed by atoms with Crippen molar-refractivity contribution in [3.8, 4) is 0 Å². The summed E-state index contributed by atoms with van der Waals surface area (Å²) in [7, 11) is 0. The van der Waals surface area contributed by atoms with Crippen molar-refractivity contribution >= 4 is 47.7 Å². The summed E-state index contributed by atoms with van der Waals surface area (Å²) in [5.41, 5.74) is 2.83. The number of ether oxygens (including phenoxy) is 7. The molecule has 344 valence electrons. The average molecular weight is 869 g/mol. The van der Waals surface area contributed by atoms with Gasteiger partial charge in [0.25, 0.3) is 0 Å². The minimum Gasteiger partial charge on any atom is -0.463 e. The Bertz CT molecular complexity index is 1810. The number of likely N-dealkylation sites (tertiary alicyclic amines) is 2. The van der Waals surface area contributed by atoms with Crippen LogP contribution < -0.4 is 0 Å². The Morgan fingerprint density at radius 1 is 0.871 bits per heavy atom. The van der Waals surface area contributed by atoms with Gasteiger partial charge >= 0.3 is 30.0 Å². The Balaban J connectivity index is 1.43. The summed E-state index contributed by atoms with van der Waals surface area (Å²) in [6.45, 7) is 20.0. The van der Waals surface area contributed by atoms with Gasteiger partial charge in [0.1, 0.15) is 18.3 Å². The number of hydrogen-bond donors (Lipinski definition) is 2. The third kappa shape index (κ3) is 14.6. The molecule has 0 aromatic heterocycles. The second kappa shape index (κ2) is 22.0. The molecule has 1 spiro atoms. The number of rotatable bonds is 15. The van der Waals surface area contributed by atoms with E-state index in [2.05, 4.69) is 23.1 Å². The van der Waals surface area contributed by atoms with E-state index >= 15 is 0 Å². The maximum Gasteiger partial charge on any atom is 0.410 e. The number of carbonyl (C=O) groups excluding carboxylic acids is 5. The molecular weight excluding hydrogens is 801 g/mol. The second-order valence-corrected chi connectivity index (χ2v) is 18.1. The van der Waals surface area contributed by atoms with Gasteiger partial charge in [0.2, 0.25) is 12.4 Å². The van der Waals surface area contributed by atoms with Gasteiger partial charge in [-0.25, -0.2) is 4.79 Å². The van der Waals surface area contributed by atoms with E-state index in [0.717, 1.165) is 95.9 Å². The Morgan fingerprint density at radius 2 is 1.50 bits per heavy atom. The third-order valence-electron chi connectivity index (χ3n) is 11.4. The summed E-state index contributed by atoms with van der Waals surface area (Å²) < 4.78 is 39.4. The summed E-state index contributed by atoms with van der Waals surface area (Å²) in [5, 5.41) is 18.2. The molecule has 0 saturated carbocycles. The smallest absolute Gasteiger partial charge is 0.410 e. The second-order valence-electron chi connectivity index (χ2n) is 18.1. The van der Waals surface area contributed by atoms with Gasteiger partial charge in [-0.05, 0) is 101 Å². The summed E-state index contributed by atoms with van der Waals surface area (Å²) in [6, 6.07) is 6.06. The van der Waals surface area contributed by atoms with Gasteiger partial charge in [-0.15, -0.1) is 0 Å². The number of aryl methyl sites for hydroxylation is 1. The Hall–Kier alpha value is -4.83. The first-order valence-corrected chi connectivity index (χ1v) is 21.7. The first-order chi connectivity index (χ1) is 29.1. The van der Waals surface area contributed by atoms with Crippen LogP contribution in [0.1, 0.15) is 111 Å². The number of benzene rings is 1. The molecular formula is C46H68N4O12. The minimum atomic E-state index is -1.58. The van der Waals surface area contributed by atoms with Crippen LogP contribution in [0.15, 0.2) is 24.3 Å². The minimum absolute atomic E-state index is 0.220. The van der Waals surface area contributed by atoms with Gasteiger partial charge in [-0.2, -0.15) is 0 Å². The Morgan fingerprint density at radius 3 is 2.08 bits per heavy atom. The van der Waals surface area contributed by atoms with Crippen molar-refractivity contribution in [1.29, 1.82) is 10.8 Å². The van der Waals surface area contributed by atoms with Crippen LogP contribution in [0.25, 0.3) is 6.08 Å². The van der Waals surface area contributed by atoms with Crippen LogP contribution >= 0.6 is 0 Å². The number of amides is 1. The highest BCUT2D eigenvalue weighted by Gasteiger charge is 2.54. The van der Waals surface area contributed by atoms with Crippen LogP contribution in [0, 0.1) is 35.0 Å². The van der Waals surface area contributed by atoms with Crippen LogP contribution in [-0.2, 0) is 58.8 Å². The molecule has 3 saturated heterocycles. The third-order valence-corrected chi connectivity index (χ3v) is 11.4. The molecule has 6 atom stereocenters. The number of nitrogens with zero attached hydrogens (tertiary/aromatic N) is 2. The van der Waals surface area contributed by atoms with Crippen molar-refractivity contribution in [3.05, 3.63) is 41.0 Å². The highest BCUT2D eigenvalue weighted by Crippen LogP contribution is 2.40. The topological polar surface area (TPSA) is 204 Å². The lowest BCUT2D eigenvalue weighted by Gasteiger charge is -2.47. The normalized spacial score (nSPS) is 23.3. The molecule has 0 aliphatic carbocycles. The van der Waals surface area contributed by atoms with Crippen LogP contribution in [-0.4, -0.2) is 127 Å². The summed E-state index contributed by atoms with van der Waals surface area (Å²) in [6.07, 6.45) is 2.38. The molecule has 3 aliphatic rings. The zero-order valence-corrected chi connectivity index (χ0v) is 38.2. The average Bonchev–Trinajstić information content (AvgIpc) is 3.16. The Labute approximate surface area is 366 Å². The molecule has 3 fully saturated rings. The van der Waals surface area contributed by atoms with E-state index in [1.54, 1.807) is 0 Å². The van der Waals surface area contributed by atoms with Crippen molar-refractivity contribution in [2.24, 2.45) is 17.3 Å². The van der Waals surface area contributed by atoms with Gasteiger partial charge in [-0.3, -0.25) is 24.6 Å². The van der Waals surface area contributed by atoms with Gasteiger partial charge < -0.3 is 48.4 Å². The van der Waals surface area contributed by atoms with Crippen molar-refractivity contribution in [2.75, 3.05) is 39.3 Å². The fraction of sp³-hybridized carbons (Fsp3) is 0.674. The van der Waals surface area contributed by atoms with Gasteiger partial charge in [0.15, 0.2) is 18.1 Å². The number of piperidine rings is 2. The van der Waals surface area contributed by atoms with Crippen LogP contribution in [0.3, 0.4) is 0 Å². The fourth-order valence-corrected chi connectivity index (χ4v) is 8.38. The molecule has 1 aromatic carbocycles. The van der Waals surface area contributed by atoms with E-state index in [9.17, 15) is 24.0 Å². The van der Waals surface area contributed by atoms with E-state index in [1.165, 1.54) is 13.3 Å². The maximum atomic E-state index is 12.6. The summed E-state index contributed by atoms with van der Waals surface area (Å²) in [4.78, 5) is 65.6. The fourth-order valence-electron chi connectivity index (χ4n) is 8.38. The molecule has 2 N–H and O–H groups in total. The first kappa shape index (κ1) is 49.8. The number of carbonyl (C=O) groups is 5. The molecule has 1 unspecified atom stereocenters. The predicted molar refractivity (Wildman–Crippen MR) is 231 cm³/mol. The molecule has 1 amide bonds. The van der Waals surface area contributed by atoms with Crippen molar-refractivity contribution in [1.82, 2.24) is 9.80 Å². The number of nitrogens with one attached hydrogen (secondary N) is 2. The van der Waals surface area contributed by atoms with Gasteiger partial charge in [-0.1, -0.05) is 44.2 Å². The first-order valence-electron chi connectivity index (χ1n) is 21.7. The summed E-state index contributed by atoms with van der Waals surface area (Å²) >= 11 is 0. The van der Waals surface area contributed by atoms with Gasteiger partial charge in [0, 0.05) is 59.6 Å². The van der Waals surface area contributed by atoms with E-state index in [4.69, 9.17) is 44.0 Å². The van der Waals surface area contributed by atoms with Gasteiger partial charge in [0.05, 0.1) is 5.92 Å². The quantitative estimate of drug-likeness (QED) is 0.0846. The number of esters is 4. The zero-order chi connectivity index (χ0) is 45.9. The zero-order valence-electron chi connectivity index (χ0n) is 38.2. The molecule has 16 nitrogen and oxygen atoms in total. The molecule has 1 aromatic rings. The largest absolute Gasteiger partial charge is 0.463 e. The van der Waals surface area contributed by atoms with E-state index in [1.807, 2.05) is 58.6 Å². The van der Waals surface area contributed by atoms with Crippen LogP contribution in [0.4, 0.5) is 4.79 Å². The molecule has 0 bridgehead atoms. The lowest BCUT2D eigenvalue weighted by atomic mass is 9.72. The van der Waals surface area contributed by atoms with E-state index in [0.29, 0.717) is 0 Å².